The minimum atomic E-state index is -1.75. The zero-order chi connectivity index (χ0) is 23.5. The molecule has 0 bridgehead atoms. The molecule has 3 heterocycles. The smallest absolute Gasteiger partial charge is 0.407 e. The van der Waals surface area contributed by atoms with Crippen molar-refractivity contribution in [2.24, 2.45) is 0 Å². The van der Waals surface area contributed by atoms with Gasteiger partial charge in [-0.15, -0.1) is 0 Å². The lowest BCUT2D eigenvalue weighted by atomic mass is 10.1. The molecule has 2 aromatic rings. The van der Waals surface area contributed by atoms with E-state index < -0.39 is 45.4 Å². The molecule has 1 aliphatic heterocycles. The van der Waals surface area contributed by atoms with Crippen LogP contribution in [-0.2, 0) is 9.47 Å². The largest absolute Gasteiger partial charge is 0.450 e. The van der Waals surface area contributed by atoms with Crippen molar-refractivity contribution < 1.29 is 28.9 Å². The molecule has 1 amide bonds. The number of hydrogen-bond donors (Lipinski definition) is 5. The second kappa shape index (κ2) is 9.93. The molecule has 6 N–H and O–H groups in total. The Morgan fingerprint density at radius 1 is 1.38 bits per heavy atom. The molecule has 0 saturated carbocycles. The summed E-state index contributed by atoms with van der Waals surface area (Å²) in [5.74, 6) is 0.242. The summed E-state index contributed by atoms with van der Waals surface area (Å²) in [6, 6.07) is 0.890. The molecule has 4 atom stereocenters. The van der Waals surface area contributed by atoms with Crippen LogP contribution in [-0.4, -0.2) is 88.6 Å². The van der Waals surface area contributed by atoms with Gasteiger partial charge in [0.1, 0.15) is 17.7 Å². The Morgan fingerprint density at radius 3 is 2.78 bits per heavy atom. The van der Waals surface area contributed by atoms with Crippen LogP contribution in [0.4, 0.5) is 21.0 Å². The van der Waals surface area contributed by atoms with Gasteiger partial charge in [-0.3, -0.25) is 4.57 Å². The number of rotatable bonds is 9. The van der Waals surface area contributed by atoms with Gasteiger partial charge in [0.25, 0.3) is 0 Å². The number of hydrogen-bond acceptors (Lipinski definition) is 10. The molecule has 0 aliphatic carbocycles. The van der Waals surface area contributed by atoms with Gasteiger partial charge in [0.05, 0.1) is 19.5 Å². The fourth-order valence-electron chi connectivity index (χ4n) is 3.13. The number of nitrogens with zero attached hydrogens (tertiary/aromatic N) is 4. The fraction of sp³-hybridized carbons (Fsp3) is 0.667. The average Bonchev–Trinajstić information content (AvgIpc) is 3.26. The highest BCUT2D eigenvalue weighted by Gasteiger charge is 2.45. The number of nitrogens with two attached hydrogens (primary N) is 1. The Balaban J connectivity index is 1.59. The molecule has 12 nitrogen and oxygen atoms in total. The number of aromatic nitrogens is 4. The van der Waals surface area contributed by atoms with Gasteiger partial charge in [-0.05, 0) is 6.04 Å². The maximum Gasteiger partial charge on any atom is 0.407 e. The first-order valence-electron chi connectivity index (χ1n) is 10.3. The quantitative estimate of drug-likeness (QED) is 0.256. The highest BCUT2D eigenvalue weighted by Crippen LogP contribution is 2.33. The van der Waals surface area contributed by atoms with Crippen molar-refractivity contribution in [1.82, 2.24) is 24.8 Å². The van der Waals surface area contributed by atoms with E-state index in [9.17, 15) is 19.4 Å². The number of alkyl halides is 1. The molecule has 0 unspecified atom stereocenters. The minimum Gasteiger partial charge on any atom is -0.450 e. The van der Waals surface area contributed by atoms with E-state index in [0.717, 1.165) is 6.04 Å². The molecular weight excluding hydrogens is 441 g/mol. The zero-order valence-electron chi connectivity index (χ0n) is 18.3. The lowest BCUT2D eigenvalue weighted by Gasteiger charge is -2.16. The number of aliphatic hydroxyl groups is 2. The Labute approximate surface area is 185 Å². The van der Waals surface area contributed by atoms with Crippen LogP contribution in [0.1, 0.15) is 6.23 Å². The molecule has 32 heavy (non-hydrogen) atoms. The average molecular weight is 472 g/mol. The maximum absolute atomic E-state index is 14.1. The Morgan fingerprint density at radius 2 is 2.12 bits per heavy atom. The van der Waals surface area contributed by atoms with Crippen LogP contribution in [0.15, 0.2) is 6.33 Å². The number of carbonyl (C=O) groups is 1. The van der Waals surface area contributed by atoms with Crippen molar-refractivity contribution in [1.29, 1.82) is 0 Å². The van der Waals surface area contributed by atoms with Gasteiger partial charge in [-0.2, -0.15) is 9.97 Å². The molecule has 1 saturated heterocycles. The van der Waals surface area contributed by atoms with E-state index in [2.05, 4.69) is 45.2 Å². The van der Waals surface area contributed by atoms with Crippen LogP contribution < -0.4 is 16.4 Å². The number of imidazole rings is 1. The third-order valence-electron chi connectivity index (χ3n) is 4.95. The maximum atomic E-state index is 14.1. The normalized spacial score (nSPS) is 23.4. The highest BCUT2D eigenvalue weighted by molar-refractivity contribution is 6.76. The number of nitrogen functional groups attached to an aromatic ring is 1. The van der Waals surface area contributed by atoms with Crippen molar-refractivity contribution in [2.75, 3.05) is 37.4 Å². The van der Waals surface area contributed by atoms with Gasteiger partial charge in [-0.1, -0.05) is 19.6 Å². The molecule has 0 spiro atoms. The summed E-state index contributed by atoms with van der Waals surface area (Å²) in [6.45, 7) is 6.98. The number of anilines is 2. The Hall–Kier alpha value is -2.55. The third kappa shape index (κ3) is 5.62. The van der Waals surface area contributed by atoms with Crippen molar-refractivity contribution in [2.45, 2.75) is 50.3 Å². The van der Waals surface area contributed by atoms with Crippen LogP contribution in [0, 0.1) is 0 Å². The first-order chi connectivity index (χ1) is 15.1. The fourth-order valence-corrected chi connectivity index (χ4v) is 3.84. The van der Waals surface area contributed by atoms with E-state index in [1.54, 1.807) is 0 Å². The molecular formula is C18H30FN7O5Si. The topological polar surface area (TPSA) is 170 Å². The number of ether oxygens (including phenoxy) is 2. The molecule has 1 fully saturated rings. The van der Waals surface area contributed by atoms with Gasteiger partial charge < -0.3 is 36.1 Å². The molecule has 14 heteroatoms. The van der Waals surface area contributed by atoms with Gasteiger partial charge in [0.2, 0.25) is 5.95 Å². The van der Waals surface area contributed by atoms with Crippen LogP contribution in [0.25, 0.3) is 11.2 Å². The molecule has 3 rings (SSSR count). The monoisotopic (exact) mass is 471 g/mol. The highest BCUT2D eigenvalue weighted by atomic mass is 28.3. The number of fused-ring (bicyclic) bond motifs is 1. The first kappa shape index (κ1) is 24.1. The summed E-state index contributed by atoms with van der Waals surface area (Å²) in [7, 11) is -1.27. The van der Waals surface area contributed by atoms with E-state index in [1.807, 2.05) is 0 Å². The van der Waals surface area contributed by atoms with Crippen LogP contribution in [0.2, 0.25) is 25.7 Å². The summed E-state index contributed by atoms with van der Waals surface area (Å²) < 4.78 is 26.0. The first-order valence-corrected chi connectivity index (χ1v) is 14.0. The summed E-state index contributed by atoms with van der Waals surface area (Å²) in [4.78, 5) is 24.3. The van der Waals surface area contributed by atoms with Crippen molar-refractivity contribution in [3.8, 4) is 0 Å². The number of amides is 1. The van der Waals surface area contributed by atoms with E-state index in [-0.39, 0.29) is 29.5 Å². The molecule has 1 aliphatic rings. The van der Waals surface area contributed by atoms with Crippen LogP contribution >= 0.6 is 0 Å². The van der Waals surface area contributed by atoms with E-state index in [0.29, 0.717) is 13.2 Å². The number of halogens is 1. The number of aliphatic hydroxyl groups excluding tert-OH is 2. The van der Waals surface area contributed by atoms with Gasteiger partial charge in [0, 0.05) is 21.2 Å². The van der Waals surface area contributed by atoms with Crippen LogP contribution in [0.5, 0.6) is 0 Å². The predicted octanol–water partition coefficient (Wildman–Crippen LogP) is 0.474. The lowest BCUT2D eigenvalue weighted by molar-refractivity contribution is -0.0495. The van der Waals surface area contributed by atoms with Crippen molar-refractivity contribution in [3.63, 3.8) is 0 Å². The van der Waals surface area contributed by atoms with Gasteiger partial charge >= 0.3 is 6.09 Å². The molecule has 0 radical (unpaired) electrons. The molecule has 2 aromatic heterocycles. The second-order valence-electron chi connectivity index (χ2n) is 8.74. The lowest BCUT2D eigenvalue weighted by Crippen LogP contribution is -2.31. The van der Waals surface area contributed by atoms with Crippen molar-refractivity contribution in [3.05, 3.63) is 6.33 Å². The summed E-state index contributed by atoms with van der Waals surface area (Å²) in [5.41, 5.74) is 6.45. The minimum absolute atomic E-state index is 0.0814. The number of alkyl carbamates (subject to hydrolysis) is 1. The van der Waals surface area contributed by atoms with Gasteiger partial charge in [0.15, 0.2) is 23.9 Å². The SMILES string of the molecule is C[Si](C)(C)CCOC(=O)NCCNc1nc(N)c2ncn([C@@H]3O[C@H](CO)[C@@H](F)[C@@H]3O)c2n1. The number of carbonyl (C=O) groups excluding carboxylic acids is 1. The molecule has 178 valence electrons. The Bertz CT molecular complexity index is 940. The van der Waals surface area contributed by atoms with E-state index >= 15 is 0 Å². The standard InChI is InChI=1S/C18H30FN7O5Si/c1-32(2,3)7-6-30-18(29)22-5-4-21-17-24-14(20)12-15(25-17)26(9-23-12)16-13(28)11(19)10(8-27)31-16/h9-11,13,16,27-28H,4-8H2,1-3H3,(H,22,29)(H3,20,21,24,25)/t10-,11-,13+,16-/m1/s1. The van der Waals surface area contributed by atoms with E-state index in [1.165, 1.54) is 10.9 Å². The van der Waals surface area contributed by atoms with Crippen molar-refractivity contribution >= 4 is 37.1 Å². The predicted molar refractivity (Wildman–Crippen MR) is 118 cm³/mol. The summed E-state index contributed by atoms with van der Waals surface area (Å²) in [5, 5.41) is 25.0. The zero-order valence-corrected chi connectivity index (χ0v) is 19.3. The number of nitrogens with one attached hydrogen (secondary N) is 2. The third-order valence-corrected chi connectivity index (χ3v) is 6.66. The summed E-state index contributed by atoms with van der Waals surface area (Å²) >= 11 is 0. The Kier molecular flexibility index (Phi) is 7.48. The van der Waals surface area contributed by atoms with E-state index in [4.69, 9.17) is 15.2 Å². The second-order valence-corrected chi connectivity index (χ2v) is 14.4. The summed E-state index contributed by atoms with van der Waals surface area (Å²) in [6.07, 6.45) is -4.71. The van der Waals surface area contributed by atoms with Crippen LogP contribution in [0.3, 0.4) is 0 Å². The van der Waals surface area contributed by atoms with Gasteiger partial charge in [-0.25, -0.2) is 14.2 Å². The molecule has 0 aromatic carbocycles.